The van der Waals surface area contributed by atoms with Gasteiger partial charge >= 0.3 is 5.97 Å². The van der Waals surface area contributed by atoms with Crippen molar-refractivity contribution >= 4 is 5.97 Å². The first-order valence-corrected chi connectivity index (χ1v) is 7.65. The molecule has 0 aliphatic heterocycles. The van der Waals surface area contributed by atoms with Gasteiger partial charge in [-0.15, -0.1) is 0 Å². The van der Waals surface area contributed by atoms with Crippen LogP contribution in [0.5, 0.6) is 0 Å². The lowest BCUT2D eigenvalue weighted by atomic mass is 9.78. The molecule has 1 aliphatic rings. The molecule has 1 rings (SSSR count). The Bertz CT molecular complexity index is 211. The van der Waals surface area contributed by atoms with E-state index in [-0.39, 0.29) is 5.92 Å². The SMILES string of the molecule is CC1CCC(C(C)C)CC1.CCC(CC)C(=O)O. The third-order valence-electron chi connectivity index (χ3n) is 4.34. The maximum Gasteiger partial charge on any atom is 0.306 e. The Morgan fingerprint density at radius 2 is 1.56 bits per heavy atom. The fraction of sp³-hybridized carbons (Fsp3) is 0.938. The zero-order chi connectivity index (χ0) is 14.1. The summed E-state index contributed by atoms with van der Waals surface area (Å²) in [6, 6.07) is 0. The lowest BCUT2D eigenvalue weighted by Crippen LogP contribution is -2.16. The molecule has 18 heavy (non-hydrogen) atoms. The van der Waals surface area contributed by atoms with Crippen LogP contribution in [0.2, 0.25) is 0 Å². The van der Waals surface area contributed by atoms with Gasteiger partial charge in [0.1, 0.15) is 0 Å². The average Bonchev–Trinajstić information content (AvgIpc) is 2.31. The summed E-state index contributed by atoms with van der Waals surface area (Å²) in [4.78, 5) is 10.2. The van der Waals surface area contributed by atoms with Crippen LogP contribution in [0.3, 0.4) is 0 Å². The standard InChI is InChI=1S/C10H20.C6H12O2/c1-8(2)10-6-4-9(3)5-7-10;1-3-5(4-2)6(7)8/h8-10H,4-7H2,1-3H3;5H,3-4H2,1-2H3,(H,7,8). The molecule has 0 bridgehead atoms. The van der Waals surface area contributed by atoms with Gasteiger partial charge in [-0.2, -0.15) is 0 Å². The van der Waals surface area contributed by atoms with E-state index in [1.807, 2.05) is 13.8 Å². The molecule has 0 amide bonds. The fourth-order valence-corrected chi connectivity index (χ4v) is 2.59. The summed E-state index contributed by atoms with van der Waals surface area (Å²) in [5.74, 6) is 2.17. The molecule has 0 spiro atoms. The molecule has 0 aromatic carbocycles. The minimum absolute atomic E-state index is 0.130. The molecule has 0 aromatic rings. The molecule has 108 valence electrons. The molecular weight excluding hydrogens is 224 g/mol. The zero-order valence-electron chi connectivity index (χ0n) is 12.9. The summed E-state index contributed by atoms with van der Waals surface area (Å²) in [6.07, 6.45) is 7.40. The number of rotatable bonds is 4. The van der Waals surface area contributed by atoms with Crippen LogP contribution in [0.4, 0.5) is 0 Å². The van der Waals surface area contributed by atoms with Crippen LogP contribution >= 0.6 is 0 Å². The van der Waals surface area contributed by atoms with E-state index < -0.39 is 5.97 Å². The molecule has 1 N–H and O–H groups in total. The highest BCUT2D eigenvalue weighted by Gasteiger charge is 2.20. The normalized spacial score (nSPS) is 23.7. The van der Waals surface area contributed by atoms with Crippen molar-refractivity contribution in [1.82, 2.24) is 0 Å². The highest BCUT2D eigenvalue weighted by molar-refractivity contribution is 5.69. The second-order valence-corrected chi connectivity index (χ2v) is 6.12. The zero-order valence-corrected chi connectivity index (χ0v) is 12.9. The first-order valence-electron chi connectivity index (χ1n) is 7.65. The third kappa shape index (κ3) is 7.03. The molecular formula is C16H32O2. The van der Waals surface area contributed by atoms with E-state index in [1.165, 1.54) is 25.7 Å². The highest BCUT2D eigenvalue weighted by atomic mass is 16.4. The van der Waals surface area contributed by atoms with Crippen molar-refractivity contribution in [2.45, 2.75) is 73.1 Å². The molecule has 0 atom stereocenters. The molecule has 0 unspecified atom stereocenters. The molecule has 0 saturated heterocycles. The van der Waals surface area contributed by atoms with Crippen LogP contribution < -0.4 is 0 Å². The molecule has 1 saturated carbocycles. The van der Waals surface area contributed by atoms with Gasteiger partial charge < -0.3 is 5.11 Å². The number of hydrogen-bond acceptors (Lipinski definition) is 1. The van der Waals surface area contributed by atoms with Crippen molar-refractivity contribution in [1.29, 1.82) is 0 Å². The molecule has 0 heterocycles. The topological polar surface area (TPSA) is 37.3 Å². The highest BCUT2D eigenvalue weighted by Crippen LogP contribution is 2.32. The second-order valence-electron chi connectivity index (χ2n) is 6.12. The minimum atomic E-state index is -0.671. The number of carboxylic acid groups (broad SMARTS) is 1. The summed E-state index contributed by atoms with van der Waals surface area (Å²) in [5, 5.41) is 8.37. The van der Waals surface area contributed by atoms with Crippen molar-refractivity contribution in [2.75, 3.05) is 0 Å². The van der Waals surface area contributed by atoms with Gasteiger partial charge in [0.2, 0.25) is 0 Å². The van der Waals surface area contributed by atoms with E-state index >= 15 is 0 Å². The van der Waals surface area contributed by atoms with E-state index in [0.717, 1.165) is 30.6 Å². The van der Waals surface area contributed by atoms with Crippen molar-refractivity contribution < 1.29 is 9.90 Å². The Morgan fingerprint density at radius 3 is 1.78 bits per heavy atom. The summed E-state index contributed by atoms with van der Waals surface area (Å²) in [5.41, 5.74) is 0. The average molecular weight is 256 g/mol. The molecule has 0 aromatic heterocycles. The molecule has 2 heteroatoms. The second kappa shape index (κ2) is 9.41. The smallest absolute Gasteiger partial charge is 0.306 e. The molecule has 0 radical (unpaired) electrons. The number of aliphatic carboxylic acids is 1. The van der Waals surface area contributed by atoms with Crippen LogP contribution in [0.15, 0.2) is 0 Å². The lowest BCUT2D eigenvalue weighted by molar-refractivity contribution is -0.141. The van der Waals surface area contributed by atoms with Gasteiger partial charge in [-0.25, -0.2) is 0 Å². The summed E-state index contributed by atoms with van der Waals surface area (Å²) < 4.78 is 0. The molecule has 1 fully saturated rings. The van der Waals surface area contributed by atoms with Gasteiger partial charge in [-0.1, -0.05) is 47.5 Å². The number of carboxylic acids is 1. The van der Waals surface area contributed by atoms with Crippen molar-refractivity contribution in [2.24, 2.45) is 23.7 Å². The third-order valence-corrected chi connectivity index (χ3v) is 4.34. The number of carbonyl (C=O) groups is 1. The van der Waals surface area contributed by atoms with Gasteiger partial charge in [-0.05, 0) is 43.4 Å². The first kappa shape index (κ1) is 17.5. The van der Waals surface area contributed by atoms with E-state index in [2.05, 4.69) is 20.8 Å². The van der Waals surface area contributed by atoms with E-state index in [1.54, 1.807) is 0 Å². The van der Waals surface area contributed by atoms with Crippen molar-refractivity contribution in [3.05, 3.63) is 0 Å². The maximum absolute atomic E-state index is 10.2. The lowest BCUT2D eigenvalue weighted by Gasteiger charge is -2.28. The summed E-state index contributed by atoms with van der Waals surface area (Å²) in [7, 11) is 0. The van der Waals surface area contributed by atoms with Crippen LogP contribution in [0, 0.1) is 23.7 Å². The predicted octanol–water partition coefficient (Wildman–Crippen LogP) is 4.98. The Balaban J connectivity index is 0.000000331. The molecule has 2 nitrogen and oxygen atoms in total. The first-order chi connectivity index (χ1) is 8.42. The van der Waals surface area contributed by atoms with Gasteiger partial charge in [0.05, 0.1) is 5.92 Å². The number of hydrogen-bond donors (Lipinski definition) is 1. The van der Waals surface area contributed by atoms with Crippen LogP contribution in [0.25, 0.3) is 0 Å². The maximum atomic E-state index is 10.2. The van der Waals surface area contributed by atoms with Crippen molar-refractivity contribution in [3.8, 4) is 0 Å². The Hall–Kier alpha value is -0.530. The van der Waals surface area contributed by atoms with Gasteiger partial charge in [0, 0.05) is 0 Å². The van der Waals surface area contributed by atoms with Gasteiger partial charge in [-0.3, -0.25) is 4.79 Å². The van der Waals surface area contributed by atoms with E-state index in [0.29, 0.717) is 0 Å². The van der Waals surface area contributed by atoms with Crippen LogP contribution in [-0.2, 0) is 4.79 Å². The Kier molecular flexibility index (Phi) is 9.13. The Labute approximate surface area is 113 Å². The van der Waals surface area contributed by atoms with E-state index in [9.17, 15) is 4.79 Å². The van der Waals surface area contributed by atoms with Crippen LogP contribution in [0.1, 0.15) is 73.1 Å². The minimum Gasteiger partial charge on any atom is -0.481 e. The monoisotopic (exact) mass is 256 g/mol. The summed E-state index contributed by atoms with van der Waals surface area (Å²) in [6.45, 7) is 10.9. The summed E-state index contributed by atoms with van der Waals surface area (Å²) >= 11 is 0. The quantitative estimate of drug-likeness (QED) is 0.770. The van der Waals surface area contributed by atoms with Crippen LogP contribution in [-0.4, -0.2) is 11.1 Å². The van der Waals surface area contributed by atoms with Gasteiger partial charge in [0.15, 0.2) is 0 Å². The largest absolute Gasteiger partial charge is 0.481 e. The predicted molar refractivity (Wildman–Crippen MR) is 77.7 cm³/mol. The fourth-order valence-electron chi connectivity index (χ4n) is 2.59. The van der Waals surface area contributed by atoms with Crippen molar-refractivity contribution in [3.63, 3.8) is 0 Å². The molecule has 1 aliphatic carbocycles. The van der Waals surface area contributed by atoms with Gasteiger partial charge in [0.25, 0.3) is 0 Å². The van der Waals surface area contributed by atoms with E-state index in [4.69, 9.17) is 5.11 Å². The Morgan fingerprint density at radius 1 is 1.11 bits per heavy atom.